The maximum absolute atomic E-state index is 12.8. The molecule has 0 aliphatic heterocycles. The highest BCUT2D eigenvalue weighted by atomic mass is 16.6. The van der Waals surface area contributed by atoms with Crippen LogP contribution in [0.3, 0.4) is 0 Å². The molecule has 0 fully saturated rings. The molecule has 0 spiro atoms. The smallest absolute Gasteiger partial charge is 0.329 e. The van der Waals surface area contributed by atoms with E-state index in [9.17, 15) is 19.7 Å². The van der Waals surface area contributed by atoms with E-state index in [4.69, 9.17) is 4.74 Å². The normalized spacial score (nSPS) is 12.3. The van der Waals surface area contributed by atoms with Crippen molar-refractivity contribution in [2.45, 2.75) is 32.0 Å². The maximum Gasteiger partial charge on any atom is 0.329 e. The van der Waals surface area contributed by atoms with Crippen LogP contribution in [0.1, 0.15) is 29.7 Å². The van der Waals surface area contributed by atoms with Crippen molar-refractivity contribution < 1.29 is 19.2 Å². The minimum atomic E-state index is -0.974. The van der Waals surface area contributed by atoms with Gasteiger partial charge in [0.15, 0.2) is 0 Å². The first-order valence-electron chi connectivity index (χ1n) is 10.5. The van der Waals surface area contributed by atoms with Crippen molar-refractivity contribution in [2.24, 2.45) is 0 Å². The molecule has 3 rings (SSSR count). The molecule has 0 saturated carbocycles. The number of urea groups is 1. The number of hydrogen-bond acceptors (Lipinski definition) is 5. The SMILES string of the molecule is CC(NC(=O)N[C@H](Cc1ccc([N+](=O)[O-])cc1)C(=O)OCc1ccccc1)c1ccccc1. The van der Waals surface area contributed by atoms with E-state index in [0.29, 0.717) is 5.56 Å². The van der Waals surface area contributed by atoms with Crippen molar-refractivity contribution in [1.29, 1.82) is 0 Å². The number of hydrogen-bond donors (Lipinski definition) is 2. The van der Waals surface area contributed by atoms with Gasteiger partial charge in [-0.1, -0.05) is 72.8 Å². The van der Waals surface area contributed by atoms with Gasteiger partial charge < -0.3 is 15.4 Å². The Bertz CT molecular complexity index is 1070. The summed E-state index contributed by atoms with van der Waals surface area (Å²) in [5, 5.41) is 16.4. The molecule has 170 valence electrons. The molecule has 3 aromatic rings. The Morgan fingerprint density at radius 3 is 2.09 bits per heavy atom. The van der Waals surface area contributed by atoms with E-state index in [0.717, 1.165) is 11.1 Å². The highest BCUT2D eigenvalue weighted by Crippen LogP contribution is 2.15. The second-order valence-electron chi connectivity index (χ2n) is 7.52. The van der Waals surface area contributed by atoms with Crippen LogP contribution in [0.15, 0.2) is 84.9 Å². The quantitative estimate of drug-likeness (QED) is 0.288. The lowest BCUT2D eigenvalue weighted by Crippen LogP contribution is -2.48. The van der Waals surface area contributed by atoms with E-state index in [2.05, 4.69) is 10.6 Å². The van der Waals surface area contributed by atoms with Gasteiger partial charge in [-0.15, -0.1) is 0 Å². The second-order valence-corrected chi connectivity index (χ2v) is 7.52. The number of rotatable bonds is 9. The number of non-ortho nitro benzene ring substituents is 1. The minimum absolute atomic E-state index is 0.0515. The van der Waals surface area contributed by atoms with Gasteiger partial charge >= 0.3 is 12.0 Å². The molecule has 1 unspecified atom stereocenters. The Morgan fingerprint density at radius 1 is 0.879 bits per heavy atom. The largest absolute Gasteiger partial charge is 0.459 e. The third kappa shape index (κ3) is 7.17. The molecule has 33 heavy (non-hydrogen) atoms. The topological polar surface area (TPSA) is 111 Å². The fourth-order valence-corrected chi connectivity index (χ4v) is 3.23. The number of esters is 1. The summed E-state index contributed by atoms with van der Waals surface area (Å²) in [7, 11) is 0. The van der Waals surface area contributed by atoms with Gasteiger partial charge in [-0.05, 0) is 23.6 Å². The number of nitro benzene ring substituents is 1. The fraction of sp³-hybridized carbons (Fsp3) is 0.200. The van der Waals surface area contributed by atoms with E-state index < -0.39 is 23.0 Å². The Labute approximate surface area is 191 Å². The first-order chi connectivity index (χ1) is 15.9. The fourth-order valence-electron chi connectivity index (χ4n) is 3.23. The molecule has 0 radical (unpaired) electrons. The highest BCUT2D eigenvalue weighted by Gasteiger charge is 2.24. The number of carbonyl (C=O) groups excluding carboxylic acids is 2. The van der Waals surface area contributed by atoms with E-state index in [1.165, 1.54) is 12.1 Å². The minimum Gasteiger partial charge on any atom is -0.459 e. The van der Waals surface area contributed by atoms with Crippen molar-refractivity contribution in [3.63, 3.8) is 0 Å². The summed E-state index contributed by atoms with van der Waals surface area (Å²) >= 11 is 0. The maximum atomic E-state index is 12.8. The number of nitro groups is 1. The van der Waals surface area contributed by atoms with Gasteiger partial charge in [0.2, 0.25) is 0 Å². The van der Waals surface area contributed by atoms with Crippen LogP contribution in [0.4, 0.5) is 10.5 Å². The van der Waals surface area contributed by atoms with Gasteiger partial charge in [-0.3, -0.25) is 10.1 Å². The zero-order valence-corrected chi connectivity index (χ0v) is 18.1. The molecule has 0 heterocycles. The van der Waals surface area contributed by atoms with Crippen molar-refractivity contribution in [3.05, 3.63) is 112 Å². The standard InChI is InChI=1S/C25H25N3O5/c1-18(21-10-6-3-7-11-21)26-25(30)27-23(16-19-12-14-22(15-13-19)28(31)32)24(29)33-17-20-8-4-2-5-9-20/h2-15,18,23H,16-17H2,1H3,(H2,26,27,30)/t18?,23-/m1/s1. The van der Waals surface area contributed by atoms with E-state index in [1.54, 1.807) is 12.1 Å². The molecule has 0 bridgehead atoms. The van der Waals surface area contributed by atoms with E-state index in [1.807, 2.05) is 67.6 Å². The van der Waals surface area contributed by atoms with Gasteiger partial charge in [0.05, 0.1) is 11.0 Å². The van der Waals surface area contributed by atoms with Crippen molar-refractivity contribution >= 4 is 17.7 Å². The van der Waals surface area contributed by atoms with Gasteiger partial charge in [0, 0.05) is 18.6 Å². The molecule has 2 N–H and O–H groups in total. The highest BCUT2D eigenvalue weighted by molar-refractivity contribution is 5.84. The number of nitrogens with one attached hydrogen (secondary N) is 2. The lowest BCUT2D eigenvalue weighted by atomic mass is 10.1. The molecule has 8 nitrogen and oxygen atoms in total. The van der Waals surface area contributed by atoms with Crippen LogP contribution in [0.5, 0.6) is 0 Å². The van der Waals surface area contributed by atoms with Crippen LogP contribution < -0.4 is 10.6 Å². The molecular formula is C25H25N3O5. The summed E-state index contributed by atoms with van der Waals surface area (Å²) in [5.41, 5.74) is 2.34. The van der Waals surface area contributed by atoms with Crippen molar-refractivity contribution in [3.8, 4) is 0 Å². The van der Waals surface area contributed by atoms with Gasteiger partial charge in [0.25, 0.3) is 5.69 Å². The number of amides is 2. The average Bonchev–Trinajstić information content (AvgIpc) is 2.83. The monoisotopic (exact) mass is 447 g/mol. The Balaban J connectivity index is 1.68. The predicted molar refractivity (Wildman–Crippen MR) is 123 cm³/mol. The first kappa shape index (κ1) is 23.5. The summed E-state index contributed by atoms with van der Waals surface area (Å²) in [4.78, 5) is 35.8. The molecule has 3 aromatic carbocycles. The van der Waals surface area contributed by atoms with Crippen LogP contribution in [-0.2, 0) is 22.6 Å². The Hall–Kier alpha value is -4.20. The number of ether oxygens (including phenoxy) is 1. The van der Waals surface area contributed by atoms with E-state index >= 15 is 0 Å². The van der Waals surface area contributed by atoms with Gasteiger partial charge in [-0.2, -0.15) is 0 Å². The molecule has 0 aliphatic carbocycles. The van der Waals surface area contributed by atoms with Crippen LogP contribution >= 0.6 is 0 Å². The summed E-state index contributed by atoms with van der Waals surface area (Å²) in [6.07, 6.45) is 0.124. The summed E-state index contributed by atoms with van der Waals surface area (Å²) in [6.45, 7) is 1.91. The lowest BCUT2D eigenvalue weighted by molar-refractivity contribution is -0.384. The van der Waals surface area contributed by atoms with Gasteiger partial charge in [-0.25, -0.2) is 9.59 Å². The van der Waals surface area contributed by atoms with Gasteiger partial charge in [0.1, 0.15) is 12.6 Å². The molecular weight excluding hydrogens is 422 g/mol. The molecule has 0 saturated heterocycles. The first-order valence-corrected chi connectivity index (χ1v) is 10.5. The molecule has 0 aliphatic rings. The zero-order valence-electron chi connectivity index (χ0n) is 18.1. The molecule has 2 amide bonds. The van der Waals surface area contributed by atoms with Crippen LogP contribution in [0, 0.1) is 10.1 Å². The predicted octanol–water partition coefficient (Wildman–Crippen LogP) is 4.31. The molecule has 8 heteroatoms. The Morgan fingerprint density at radius 2 is 1.48 bits per heavy atom. The Kier molecular flexibility index (Phi) is 8.13. The second kappa shape index (κ2) is 11.4. The van der Waals surface area contributed by atoms with Crippen molar-refractivity contribution in [2.75, 3.05) is 0 Å². The zero-order chi connectivity index (χ0) is 23.6. The molecule has 2 atom stereocenters. The van der Waals surface area contributed by atoms with Crippen LogP contribution in [-0.4, -0.2) is 23.0 Å². The average molecular weight is 447 g/mol. The summed E-state index contributed by atoms with van der Waals surface area (Å²) in [6, 6.07) is 22.7. The molecule has 0 aromatic heterocycles. The third-order valence-corrected chi connectivity index (χ3v) is 5.05. The third-order valence-electron chi connectivity index (χ3n) is 5.05. The van der Waals surface area contributed by atoms with Crippen molar-refractivity contribution in [1.82, 2.24) is 10.6 Å². The van der Waals surface area contributed by atoms with Crippen LogP contribution in [0.2, 0.25) is 0 Å². The lowest BCUT2D eigenvalue weighted by Gasteiger charge is -2.20. The van der Waals surface area contributed by atoms with E-state index in [-0.39, 0.29) is 24.8 Å². The number of carbonyl (C=O) groups is 2. The van der Waals surface area contributed by atoms with Crippen LogP contribution in [0.25, 0.3) is 0 Å². The summed E-state index contributed by atoms with van der Waals surface area (Å²) < 4.78 is 5.43. The summed E-state index contributed by atoms with van der Waals surface area (Å²) in [5.74, 6) is -0.597. The number of benzene rings is 3. The number of nitrogens with zero attached hydrogens (tertiary/aromatic N) is 1.